The van der Waals surface area contributed by atoms with Gasteiger partial charge in [-0.15, -0.1) is 0 Å². The predicted molar refractivity (Wildman–Crippen MR) is 171 cm³/mol. The van der Waals surface area contributed by atoms with Crippen molar-refractivity contribution in [1.82, 2.24) is 25.6 Å². The molecule has 224 valence electrons. The lowest BCUT2D eigenvalue weighted by molar-refractivity contribution is -0.143. The lowest BCUT2D eigenvalue weighted by Crippen LogP contribution is -2.57. The molecule has 2 N–H and O–H groups in total. The molecule has 0 aliphatic rings. The summed E-state index contributed by atoms with van der Waals surface area (Å²) in [7, 11) is 8.63. The van der Waals surface area contributed by atoms with Crippen LogP contribution < -0.4 is 10.7 Å². The van der Waals surface area contributed by atoms with Crippen LogP contribution in [-0.4, -0.2) is 79.9 Å². The van der Waals surface area contributed by atoms with Gasteiger partial charge in [0.25, 0.3) is 11.8 Å². The molecule has 0 spiro atoms. The van der Waals surface area contributed by atoms with Gasteiger partial charge in [-0.05, 0) is 46.6 Å². The summed E-state index contributed by atoms with van der Waals surface area (Å²) in [4.78, 5) is 44.7. The highest BCUT2D eigenvalue weighted by molar-refractivity contribution is 5.98. The Bertz CT molecular complexity index is 1560. The molecule has 8 nitrogen and oxygen atoms in total. The van der Waals surface area contributed by atoms with Crippen molar-refractivity contribution in [3.63, 3.8) is 0 Å². The Morgan fingerprint density at radius 3 is 2.00 bits per heavy atom. The van der Waals surface area contributed by atoms with Crippen LogP contribution in [0.3, 0.4) is 0 Å². The van der Waals surface area contributed by atoms with E-state index < -0.39 is 12.1 Å². The van der Waals surface area contributed by atoms with Crippen molar-refractivity contribution in [2.24, 2.45) is 0 Å². The van der Waals surface area contributed by atoms with Gasteiger partial charge in [0.15, 0.2) is 0 Å². The van der Waals surface area contributed by atoms with E-state index in [0.717, 1.165) is 27.5 Å². The third kappa shape index (κ3) is 8.06. The molecule has 8 heteroatoms. The zero-order valence-electron chi connectivity index (χ0n) is 25.6. The van der Waals surface area contributed by atoms with Gasteiger partial charge in [0.1, 0.15) is 12.1 Å². The molecule has 1 unspecified atom stereocenters. The molecule has 0 aromatic heterocycles. The second-order valence-corrected chi connectivity index (χ2v) is 11.1. The summed E-state index contributed by atoms with van der Waals surface area (Å²) in [6.45, 7) is 0.620. The number of benzene rings is 4. The molecular formula is C35H41N5O3. The third-order valence-electron chi connectivity index (χ3n) is 7.59. The largest absolute Gasteiger partial charge is 0.332 e. The monoisotopic (exact) mass is 579 g/mol. The van der Waals surface area contributed by atoms with Crippen molar-refractivity contribution >= 4 is 28.5 Å². The number of hydrogen-bond donors (Lipinski definition) is 2. The zero-order chi connectivity index (χ0) is 30.9. The van der Waals surface area contributed by atoms with E-state index in [1.165, 1.54) is 9.80 Å². The number of fused-ring (bicyclic) bond motifs is 1. The molecule has 0 heterocycles. The first-order chi connectivity index (χ1) is 20.7. The smallest absolute Gasteiger partial charge is 0.257 e. The predicted octanol–water partition coefficient (Wildman–Crippen LogP) is 3.91. The Hall–Kier alpha value is -4.53. The quantitative estimate of drug-likeness (QED) is 0.249. The number of likely N-dealkylation sites (N-methyl/N-ethyl adjacent to an activating group) is 2. The van der Waals surface area contributed by atoms with Crippen molar-refractivity contribution < 1.29 is 14.4 Å². The first-order valence-corrected chi connectivity index (χ1v) is 14.4. The minimum atomic E-state index is -0.850. The minimum absolute atomic E-state index is 0.261. The topological polar surface area (TPSA) is 85.0 Å². The number of hydrazine groups is 1. The molecule has 3 amide bonds. The average Bonchev–Trinajstić information content (AvgIpc) is 3.01. The summed E-state index contributed by atoms with van der Waals surface area (Å²) in [6.07, 6.45) is 0.620. The van der Waals surface area contributed by atoms with Crippen molar-refractivity contribution in [2.75, 3.05) is 35.2 Å². The Morgan fingerprint density at radius 2 is 1.30 bits per heavy atom. The maximum absolute atomic E-state index is 14.4. The molecule has 4 aromatic rings. The van der Waals surface area contributed by atoms with Crippen LogP contribution in [0.4, 0.5) is 0 Å². The second-order valence-electron chi connectivity index (χ2n) is 11.1. The number of rotatable bonds is 12. The molecule has 2 atom stereocenters. The van der Waals surface area contributed by atoms with Crippen molar-refractivity contribution in [1.29, 1.82) is 0 Å². The lowest BCUT2D eigenvalue weighted by atomic mass is 9.98. The van der Waals surface area contributed by atoms with Crippen LogP contribution in [0.2, 0.25) is 0 Å². The number of hydrogen-bond acceptors (Lipinski definition) is 5. The first kappa shape index (κ1) is 31.4. The average molecular weight is 580 g/mol. The van der Waals surface area contributed by atoms with Crippen LogP contribution in [0.1, 0.15) is 27.0 Å². The van der Waals surface area contributed by atoms with E-state index in [0.29, 0.717) is 24.9 Å². The zero-order valence-corrected chi connectivity index (χ0v) is 25.6. The van der Waals surface area contributed by atoms with Gasteiger partial charge in [0.05, 0.1) is 0 Å². The van der Waals surface area contributed by atoms with Crippen molar-refractivity contribution in [3.8, 4) is 0 Å². The van der Waals surface area contributed by atoms with Crippen LogP contribution in [0.5, 0.6) is 0 Å². The van der Waals surface area contributed by atoms with Gasteiger partial charge < -0.3 is 15.1 Å². The van der Waals surface area contributed by atoms with E-state index in [1.54, 1.807) is 39.3 Å². The van der Waals surface area contributed by atoms with Crippen LogP contribution in [-0.2, 0) is 29.0 Å². The molecule has 0 aliphatic heterocycles. The number of nitrogens with zero attached hydrogens (tertiary/aromatic N) is 3. The lowest BCUT2D eigenvalue weighted by Gasteiger charge is -2.35. The molecule has 4 aromatic carbocycles. The number of amides is 3. The number of nitrogens with one attached hydrogen (secondary N) is 2. The van der Waals surface area contributed by atoms with Gasteiger partial charge >= 0.3 is 0 Å². The van der Waals surface area contributed by atoms with E-state index in [-0.39, 0.29) is 17.7 Å². The Labute approximate surface area is 254 Å². The standard InChI is InChI=1S/C35H41N5O3/c1-36-24-27-14-11-17-30(21-27)34(42)40(5)32(23-26-18-19-28-15-9-10-16-29(28)20-26)35(43)39(4)31(33(41)37-38(2)3)22-25-12-7-6-8-13-25/h6-21,31-32,36H,22-24H2,1-5H3,(H,37,41)/t31?,32-/m1/s1. The normalized spacial score (nSPS) is 12.5. The summed E-state index contributed by atoms with van der Waals surface area (Å²) in [6, 6.07) is 29.5. The SMILES string of the molecule is CNCc1cccc(C(=O)N(C)[C@H](Cc2ccc3ccccc3c2)C(=O)N(C)C(Cc2ccccc2)C(=O)NN(C)C)c1. The Balaban J connectivity index is 1.70. The van der Waals surface area contributed by atoms with Gasteiger partial charge in [0, 0.05) is 53.1 Å². The maximum Gasteiger partial charge on any atom is 0.257 e. The number of carbonyl (C=O) groups is 3. The Kier molecular flexibility index (Phi) is 10.6. The summed E-state index contributed by atoms with van der Waals surface area (Å²) in [5.41, 5.74) is 6.14. The minimum Gasteiger partial charge on any atom is -0.332 e. The van der Waals surface area contributed by atoms with E-state index in [4.69, 9.17) is 0 Å². The molecule has 0 radical (unpaired) electrons. The van der Waals surface area contributed by atoms with Gasteiger partial charge in [-0.3, -0.25) is 19.8 Å². The first-order valence-electron chi connectivity index (χ1n) is 14.4. The fraction of sp³-hybridized carbons (Fsp3) is 0.286. The molecule has 4 rings (SSSR count). The molecule has 0 bridgehead atoms. The van der Waals surface area contributed by atoms with Crippen LogP contribution in [0.25, 0.3) is 10.8 Å². The highest BCUT2D eigenvalue weighted by Gasteiger charge is 2.35. The fourth-order valence-electron chi connectivity index (χ4n) is 5.27. The van der Waals surface area contributed by atoms with E-state index >= 15 is 0 Å². The summed E-state index contributed by atoms with van der Waals surface area (Å²) in [5.74, 6) is -0.879. The highest BCUT2D eigenvalue weighted by Crippen LogP contribution is 2.21. The van der Waals surface area contributed by atoms with Crippen LogP contribution in [0, 0.1) is 0 Å². The van der Waals surface area contributed by atoms with Crippen LogP contribution in [0.15, 0.2) is 97.1 Å². The molecular weight excluding hydrogens is 538 g/mol. The summed E-state index contributed by atoms with van der Waals surface area (Å²) in [5, 5.41) is 6.83. The fourth-order valence-corrected chi connectivity index (χ4v) is 5.27. The van der Waals surface area contributed by atoms with Gasteiger partial charge in [-0.1, -0.05) is 84.9 Å². The molecule has 0 fully saturated rings. The third-order valence-corrected chi connectivity index (χ3v) is 7.59. The van der Waals surface area contributed by atoms with Gasteiger partial charge in [-0.2, -0.15) is 0 Å². The maximum atomic E-state index is 14.4. The molecule has 0 saturated heterocycles. The number of carbonyl (C=O) groups excluding carboxylic acids is 3. The molecule has 43 heavy (non-hydrogen) atoms. The van der Waals surface area contributed by atoms with Crippen LogP contribution >= 0.6 is 0 Å². The molecule has 0 aliphatic carbocycles. The van der Waals surface area contributed by atoms with Crippen molar-refractivity contribution in [3.05, 3.63) is 119 Å². The van der Waals surface area contributed by atoms with Crippen molar-refractivity contribution in [2.45, 2.75) is 31.5 Å². The van der Waals surface area contributed by atoms with Gasteiger partial charge in [0.2, 0.25) is 5.91 Å². The molecule has 0 saturated carbocycles. The summed E-state index contributed by atoms with van der Waals surface area (Å²) >= 11 is 0. The second kappa shape index (κ2) is 14.6. The Morgan fingerprint density at radius 1 is 0.651 bits per heavy atom. The van der Waals surface area contributed by atoms with E-state index in [2.05, 4.69) is 16.8 Å². The highest BCUT2D eigenvalue weighted by atomic mass is 16.2. The van der Waals surface area contributed by atoms with E-state index in [9.17, 15) is 14.4 Å². The van der Waals surface area contributed by atoms with Gasteiger partial charge in [-0.25, -0.2) is 5.01 Å². The van der Waals surface area contributed by atoms with E-state index in [1.807, 2.05) is 92.0 Å². The summed E-state index contributed by atoms with van der Waals surface area (Å²) < 4.78 is 0.